The highest BCUT2D eigenvalue weighted by atomic mass is 79.9. The largest absolute Gasteiger partial charge is 0.357 e. The maximum absolute atomic E-state index is 13.5. The van der Waals surface area contributed by atoms with Crippen molar-refractivity contribution in [3.8, 4) is 0 Å². The van der Waals surface area contributed by atoms with Crippen LogP contribution in [-0.4, -0.2) is 18.6 Å². The molecule has 0 saturated heterocycles. The molecule has 0 spiro atoms. The van der Waals surface area contributed by atoms with Crippen molar-refractivity contribution in [1.29, 1.82) is 0 Å². The van der Waals surface area contributed by atoms with Crippen molar-refractivity contribution >= 4 is 21.7 Å². The van der Waals surface area contributed by atoms with Gasteiger partial charge in [-0.15, -0.1) is 0 Å². The summed E-state index contributed by atoms with van der Waals surface area (Å²) in [5.74, 6) is 0.151. The summed E-state index contributed by atoms with van der Waals surface area (Å²) in [4.78, 5) is 5.92. The van der Waals surface area contributed by atoms with Crippen LogP contribution in [0.3, 0.4) is 0 Å². The number of anilines is 1. The van der Waals surface area contributed by atoms with E-state index in [2.05, 4.69) is 27.8 Å². The molecule has 1 aromatic rings. The molecule has 0 unspecified atom stereocenters. The van der Waals surface area contributed by atoms with Gasteiger partial charge in [0.25, 0.3) is 0 Å². The predicted octanol–water partition coefficient (Wildman–Crippen LogP) is 3.61. The number of pyridine rings is 1. The molecule has 0 amide bonds. The summed E-state index contributed by atoms with van der Waals surface area (Å²) in [5.41, 5.74) is 0. The van der Waals surface area contributed by atoms with Gasteiger partial charge >= 0.3 is 0 Å². The predicted molar refractivity (Wildman–Crippen MR) is 64.7 cm³/mol. The van der Waals surface area contributed by atoms with Crippen LogP contribution < -0.4 is 4.90 Å². The topological polar surface area (TPSA) is 16.1 Å². The number of hydrogen-bond donors (Lipinski definition) is 0. The molecule has 1 aromatic heterocycles. The Morgan fingerprint density at radius 1 is 1.47 bits per heavy atom. The molecular weight excluding hydrogens is 259 g/mol. The zero-order chi connectivity index (χ0) is 11.3. The van der Waals surface area contributed by atoms with Crippen molar-refractivity contribution in [2.75, 3.05) is 18.5 Å². The van der Waals surface area contributed by atoms with Gasteiger partial charge < -0.3 is 4.90 Å². The molecule has 0 aliphatic heterocycles. The lowest BCUT2D eigenvalue weighted by atomic mass is 10.2. The molecule has 0 aromatic carbocycles. The van der Waals surface area contributed by atoms with Crippen molar-refractivity contribution in [1.82, 2.24) is 4.98 Å². The van der Waals surface area contributed by atoms with Gasteiger partial charge in [0.15, 0.2) is 11.6 Å². The fourth-order valence-corrected chi connectivity index (χ4v) is 1.70. The van der Waals surface area contributed by atoms with E-state index in [0.29, 0.717) is 10.3 Å². The summed E-state index contributed by atoms with van der Waals surface area (Å²) in [6.07, 6.45) is 5.03. The van der Waals surface area contributed by atoms with Gasteiger partial charge in [-0.2, -0.15) is 0 Å². The minimum Gasteiger partial charge on any atom is -0.357 e. The molecule has 15 heavy (non-hydrogen) atoms. The second-order valence-electron chi connectivity index (χ2n) is 3.59. The summed E-state index contributed by atoms with van der Waals surface area (Å²) >= 11 is 3.19. The van der Waals surface area contributed by atoms with Crippen LogP contribution in [0.1, 0.15) is 26.2 Å². The summed E-state index contributed by atoms with van der Waals surface area (Å²) in [6.45, 7) is 3.00. The third-order valence-corrected chi connectivity index (χ3v) is 2.68. The summed E-state index contributed by atoms with van der Waals surface area (Å²) < 4.78 is 14.1. The van der Waals surface area contributed by atoms with E-state index in [0.717, 1.165) is 13.0 Å². The van der Waals surface area contributed by atoms with E-state index in [1.807, 2.05) is 11.9 Å². The van der Waals surface area contributed by atoms with Crippen LogP contribution in [0.25, 0.3) is 0 Å². The molecule has 0 N–H and O–H groups in total. The standard InChI is InChI=1S/C11H16BrFN2/c1-3-4-5-6-15(2)11-10(13)7-9(12)8-14-11/h7-8H,3-6H2,1-2H3. The number of halogens is 2. The van der Waals surface area contributed by atoms with E-state index in [4.69, 9.17) is 0 Å². The van der Waals surface area contributed by atoms with Gasteiger partial charge in [-0.1, -0.05) is 19.8 Å². The number of rotatable bonds is 5. The van der Waals surface area contributed by atoms with E-state index < -0.39 is 0 Å². The Kier molecular flexibility index (Phi) is 5.02. The first-order valence-electron chi connectivity index (χ1n) is 5.17. The average molecular weight is 275 g/mol. The zero-order valence-electron chi connectivity index (χ0n) is 9.13. The number of hydrogen-bond acceptors (Lipinski definition) is 2. The first kappa shape index (κ1) is 12.4. The molecule has 4 heteroatoms. The van der Waals surface area contributed by atoms with Crippen molar-refractivity contribution in [2.24, 2.45) is 0 Å². The van der Waals surface area contributed by atoms with Crippen LogP contribution in [0.4, 0.5) is 10.2 Å². The lowest BCUT2D eigenvalue weighted by Gasteiger charge is -2.18. The molecule has 1 rings (SSSR count). The molecular formula is C11H16BrFN2. The maximum Gasteiger partial charge on any atom is 0.166 e. The molecule has 0 saturated carbocycles. The number of nitrogens with zero attached hydrogens (tertiary/aromatic N) is 2. The molecule has 2 nitrogen and oxygen atoms in total. The Hall–Kier alpha value is -0.640. The van der Waals surface area contributed by atoms with Crippen LogP contribution in [-0.2, 0) is 0 Å². The van der Waals surface area contributed by atoms with Crippen molar-refractivity contribution < 1.29 is 4.39 Å². The minimum atomic E-state index is -0.275. The molecule has 0 aliphatic carbocycles. The van der Waals surface area contributed by atoms with Crippen molar-refractivity contribution in [3.05, 3.63) is 22.6 Å². The lowest BCUT2D eigenvalue weighted by Crippen LogP contribution is -2.20. The Labute approximate surface area is 98.6 Å². The van der Waals surface area contributed by atoms with Crippen LogP contribution >= 0.6 is 15.9 Å². The summed E-state index contributed by atoms with van der Waals surface area (Å²) in [6, 6.07) is 1.44. The van der Waals surface area contributed by atoms with Gasteiger partial charge in [0.05, 0.1) is 0 Å². The van der Waals surface area contributed by atoms with Crippen LogP contribution in [0, 0.1) is 5.82 Å². The fraction of sp³-hybridized carbons (Fsp3) is 0.545. The Balaban J connectivity index is 2.61. The second kappa shape index (κ2) is 6.05. The van der Waals surface area contributed by atoms with Crippen molar-refractivity contribution in [2.45, 2.75) is 26.2 Å². The zero-order valence-corrected chi connectivity index (χ0v) is 10.7. The van der Waals surface area contributed by atoms with E-state index in [9.17, 15) is 4.39 Å². The van der Waals surface area contributed by atoms with Gasteiger partial charge in [-0.25, -0.2) is 9.37 Å². The molecule has 84 valence electrons. The van der Waals surface area contributed by atoms with E-state index in [-0.39, 0.29) is 5.82 Å². The van der Waals surface area contributed by atoms with Gasteiger partial charge in [0.2, 0.25) is 0 Å². The molecule has 0 aliphatic rings. The van der Waals surface area contributed by atoms with Crippen LogP contribution in [0.5, 0.6) is 0 Å². The Morgan fingerprint density at radius 2 is 2.20 bits per heavy atom. The normalized spacial score (nSPS) is 10.4. The maximum atomic E-state index is 13.5. The first-order valence-corrected chi connectivity index (χ1v) is 5.96. The van der Waals surface area contributed by atoms with E-state index in [1.165, 1.54) is 18.9 Å². The van der Waals surface area contributed by atoms with Crippen molar-refractivity contribution in [3.63, 3.8) is 0 Å². The van der Waals surface area contributed by atoms with Crippen LogP contribution in [0.15, 0.2) is 16.7 Å². The highest BCUT2D eigenvalue weighted by Gasteiger charge is 2.08. The average Bonchev–Trinajstić information content (AvgIpc) is 2.17. The quantitative estimate of drug-likeness (QED) is 0.763. The molecule has 0 radical (unpaired) electrons. The second-order valence-corrected chi connectivity index (χ2v) is 4.50. The van der Waals surface area contributed by atoms with Gasteiger partial charge in [-0.05, 0) is 28.4 Å². The van der Waals surface area contributed by atoms with E-state index >= 15 is 0 Å². The molecule has 0 atom stereocenters. The lowest BCUT2D eigenvalue weighted by molar-refractivity contribution is 0.608. The fourth-order valence-electron chi connectivity index (χ4n) is 1.39. The smallest absolute Gasteiger partial charge is 0.166 e. The third-order valence-electron chi connectivity index (χ3n) is 2.25. The monoisotopic (exact) mass is 274 g/mol. The number of aromatic nitrogens is 1. The SMILES string of the molecule is CCCCCN(C)c1ncc(Br)cc1F. The van der Waals surface area contributed by atoms with Crippen LogP contribution in [0.2, 0.25) is 0 Å². The van der Waals surface area contributed by atoms with Gasteiger partial charge in [-0.3, -0.25) is 0 Å². The van der Waals surface area contributed by atoms with Gasteiger partial charge in [0.1, 0.15) is 0 Å². The molecule has 1 heterocycles. The first-order chi connectivity index (χ1) is 7.15. The molecule has 0 bridgehead atoms. The molecule has 0 fully saturated rings. The summed E-state index contributed by atoms with van der Waals surface area (Å²) in [7, 11) is 1.87. The highest BCUT2D eigenvalue weighted by Crippen LogP contribution is 2.19. The minimum absolute atomic E-state index is 0.275. The van der Waals surface area contributed by atoms with E-state index in [1.54, 1.807) is 6.20 Å². The highest BCUT2D eigenvalue weighted by molar-refractivity contribution is 9.10. The van der Waals surface area contributed by atoms with Gasteiger partial charge in [0, 0.05) is 24.3 Å². The number of unbranched alkanes of at least 4 members (excludes halogenated alkanes) is 2. The summed E-state index contributed by atoms with van der Waals surface area (Å²) in [5, 5.41) is 0. The Morgan fingerprint density at radius 3 is 2.80 bits per heavy atom. The Bertz CT molecular complexity index is 317. The third kappa shape index (κ3) is 3.78.